The van der Waals surface area contributed by atoms with Gasteiger partial charge in [0.25, 0.3) is 0 Å². The molecule has 120 valence electrons. The van der Waals surface area contributed by atoms with Crippen molar-refractivity contribution in [3.8, 4) is 5.75 Å². The van der Waals surface area contributed by atoms with Crippen molar-refractivity contribution in [3.63, 3.8) is 0 Å². The maximum atomic E-state index is 12.4. The summed E-state index contributed by atoms with van der Waals surface area (Å²) in [5.41, 5.74) is 2.15. The lowest BCUT2D eigenvalue weighted by atomic mass is 10.1. The zero-order valence-corrected chi connectivity index (χ0v) is 13.6. The molecule has 3 heterocycles. The summed E-state index contributed by atoms with van der Waals surface area (Å²) in [6, 6.07) is 4.31. The van der Waals surface area contributed by atoms with Crippen LogP contribution in [0.15, 0.2) is 12.1 Å². The Kier molecular flexibility index (Phi) is 2.84. The second-order valence-electron chi connectivity index (χ2n) is 6.31. The summed E-state index contributed by atoms with van der Waals surface area (Å²) in [4.78, 5) is 19.0. The minimum absolute atomic E-state index is 0.0403. The summed E-state index contributed by atoms with van der Waals surface area (Å²) in [5, 5.41) is 3.85. The zero-order chi connectivity index (χ0) is 15.6. The Morgan fingerprint density at radius 2 is 2.35 bits per heavy atom. The van der Waals surface area contributed by atoms with Gasteiger partial charge in [-0.15, -0.1) is 0 Å². The first-order valence-corrected chi connectivity index (χ1v) is 8.74. The molecule has 2 amide bonds. The lowest BCUT2D eigenvalue weighted by Crippen LogP contribution is -2.34. The summed E-state index contributed by atoms with van der Waals surface area (Å²) in [6.45, 7) is 0.714. The molecule has 0 bridgehead atoms. The van der Waals surface area contributed by atoms with Crippen LogP contribution in [0.3, 0.4) is 0 Å². The lowest BCUT2D eigenvalue weighted by molar-refractivity contribution is 0.105. The van der Waals surface area contributed by atoms with Gasteiger partial charge in [-0.05, 0) is 25.0 Å². The molecule has 5 rings (SSSR count). The Bertz CT molecular complexity index is 805. The minimum atomic E-state index is -0.0403. The molecule has 0 spiro atoms. The van der Waals surface area contributed by atoms with E-state index in [1.54, 1.807) is 18.4 Å². The fraction of sp³-hybridized carbons (Fsp3) is 0.500. The Hall–Kier alpha value is -1.86. The number of carbonyl (C=O) groups excluding carboxylic acids is 1. The molecule has 3 atom stereocenters. The van der Waals surface area contributed by atoms with E-state index in [2.05, 4.69) is 5.32 Å². The quantitative estimate of drug-likeness (QED) is 0.917. The Morgan fingerprint density at radius 3 is 3.22 bits per heavy atom. The van der Waals surface area contributed by atoms with Crippen molar-refractivity contribution in [2.45, 2.75) is 37.5 Å². The van der Waals surface area contributed by atoms with Crippen molar-refractivity contribution >= 4 is 32.7 Å². The standard InChI is InChI=1S/C16H17N3O3S/c1-21-8-6-10-11(7-8)19(15(20)17-10)16-18-14-9-4-5-22-12(9)2-3-13(14)23-16/h2-3,8,10-11H,4-7H2,1H3,(H,17,20)/t8-,10+,11-/m1/s1. The van der Waals surface area contributed by atoms with E-state index in [1.807, 2.05) is 17.0 Å². The monoisotopic (exact) mass is 331 g/mol. The highest BCUT2D eigenvalue weighted by atomic mass is 32.1. The molecule has 1 aliphatic carbocycles. The molecule has 2 aliphatic heterocycles. The third kappa shape index (κ3) is 1.89. The van der Waals surface area contributed by atoms with Crippen LogP contribution >= 0.6 is 11.3 Å². The van der Waals surface area contributed by atoms with Crippen LogP contribution in [0.2, 0.25) is 0 Å². The van der Waals surface area contributed by atoms with E-state index in [0.717, 1.165) is 40.4 Å². The molecule has 0 unspecified atom stereocenters. The lowest BCUT2D eigenvalue weighted by Gasteiger charge is -2.19. The van der Waals surface area contributed by atoms with Crippen LogP contribution in [0.25, 0.3) is 10.2 Å². The van der Waals surface area contributed by atoms with Gasteiger partial charge in [-0.3, -0.25) is 4.90 Å². The van der Waals surface area contributed by atoms with E-state index in [1.165, 1.54) is 5.56 Å². The van der Waals surface area contributed by atoms with Crippen LogP contribution in [0.4, 0.5) is 9.93 Å². The predicted molar refractivity (Wildman–Crippen MR) is 87.4 cm³/mol. The number of carbonyl (C=O) groups is 1. The number of anilines is 1. The molecule has 7 heteroatoms. The van der Waals surface area contributed by atoms with Gasteiger partial charge in [0, 0.05) is 19.1 Å². The van der Waals surface area contributed by atoms with E-state index in [9.17, 15) is 4.79 Å². The number of aromatic nitrogens is 1. The highest BCUT2D eigenvalue weighted by molar-refractivity contribution is 7.22. The normalized spacial score (nSPS) is 28.8. The van der Waals surface area contributed by atoms with Crippen molar-refractivity contribution in [1.82, 2.24) is 10.3 Å². The number of ether oxygens (including phenoxy) is 2. The average Bonchev–Trinajstić information content (AvgIpc) is 3.26. The number of hydrogen-bond donors (Lipinski definition) is 1. The van der Waals surface area contributed by atoms with Crippen LogP contribution in [0, 0.1) is 0 Å². The van der Waals surface area contributed by atoms with Crippen molar-refractivity contribution in [1.29, 1.82) is 0 Å². The van der Waals surface area contributed by atoms with Crippen LogP contribution in [0.1, 0.15) is 18.4 Å². The fourth-order valence-electron chi connectivity index (χ4n) is 3.97. The molecule has 1 saturated heterocycles. The van der Waals surface area contributed by atoms with E-state index in [4.69, 9.17) is 14.5 Å². The number of urea groups is 1. The molecule has 1 N–H and O–H groups in total. The summed E-state index contributed by atoms with van der Waals surface area (Å²) in [7, 11) is 1.73. The third-order valence-electron chi connectivity index (χ3n) is 5.11. The Morgan fingerprint density at radius 1 is 1.43 bits per heavy atom. The number of benzene rings is 1. The van der Waals surface area contributed by atoms with Gasteiger partial charge in [0.2, 0.25) is 0 Å². The number of amides is 2. The van der Waals surface area contributed by atoms with Crippen molar-refractivity contribution in [2.75, 3.05) is 18.6 Å². The molecular formula is C16H17N3O3S. The molecule has 1 aromatic carbocycles. The molecule has 0 radical (unpaired) electrons. The minimum Gasteiger partial charge on any atom is -0.493 e. The number of methoxy groups -OCH3 is 1. The van der Waals surface area contributed by atoms with Crippen LogP contribution in [-0.4, -0.2) is 42.9 Å². The second-order valence-corrected chi connectivity index (χ2v) is 7.32. The maximum absolute atomic E-state index is 12.4. The molecule has 2 fully saturated rings. The number of hydrogen-bond acceptors (Lipinski definition) is 5. The van der Waals surface area contributed by atoms with Crippen LogP contribution in [-0.2, 0) is 11.2 Å². The van der Waals surface area contributed by atoms with Gasteiger partial charge < -0.3 is 14.8 Å². The topological polar surface area (TPSA) is 63.7 Å². The van der Waals surface area contributed by atoms with E-state index in [-0.39, 0.29) is 24.2 Å². The smallest absolute Gasteiger partial charge is 0.324 e. The maximum Gasteiger partial charge on any atom is 0.324 e. The fourth-order valence-corrected chi connectivity index (χ4v) is 5.02. The van der Waals surface area contributed by atoms with E-state index in [0.29, 0.717) is 6.61 Å². The summed E-state index contributed by atoms with van der Waals surface area (Å²) in [5.74, 6) is 0.929. The molecule has 2 aromatic rings. The first-order valence-electron chi connectivity index (χ1n) is 7.92. The molecule has 23 heavy (non-hydrogen) atoms. The average molecular weight is 331 g/mol. The number of fused-ring (bicyclic) bond motifs is 4. The van der Waals surface area contributed by atoms with E-state index >= 15 is 0 Å². The zero-order valence-electron chi connectivity index (χ0n) is 12.7. The molecular weight excluding hydrogens is 314 g/mol. The summed E-state index contributed by atoms with van der Waals surface area (Å²) in [6.07, 6.45) is 2.83. The highest BCUT2D eigenvalue weighted by Crippen LogP contribution is 2.41. The van der Waals surface area contributed by atoms with Gasteiger partial charge in [-0.1, -0.05) is 11.3 Å². The molecule has 1 aromatic heterocycles. The number of nitrogens with one attached hydrogen (secondary N) is 1. The molecule has 1 saturated carbocycles. The van der Waals surface area contributed by atoms with Gasteiger partial charge in [0.05, 0.1) is 35.0 Å². The SMILES string of the molecule is CO[C@@H]1C[C@@H]2NC(=O)N(c3nc4c5c(ccc4s3)OCC5)[C@@H]2C1. The predicted octanol–water partition coefficient (Wildman–Crippen LogP) is 2.31. The van der Waals surface area contributed by atoms with Crippen molar-refractivity contribution < 1.29 is 14.3 Å². The number of thiazole rings is 1. The first kappa shape index (κ1) is 13.6. The second kappa shape index (κ2) is 4.82. The molecule has 6 nitrogen and oxygen atoms in total. The summed E-state index contributed by atoms with van der Waals surface area (Å²) >= 11 is 1.58. The van der Waals surface area contributed by atoms with Gasteiger partial charge in [-0.25, -0.2) is 9.78 Å². The first-order chi connectivity index (χ1) is 11.2. The van der Waals surface area contributed by atoms with E-state index < -0.39 is 0 Å². The molecule has 3 aliphatic rings. The van der Waals surface area contributed by atoms with Crippen LogP contribution < -0.4 is 15.0 Å². The van der Waals surface area contributed by atoms with Crippen molar-refractivity contribution in [3.05, 3.63) is 17.7 Å². The number of nitrogens with zero attached hydrogens (tertiary/aromatic N) is 2. The Balaban J connectivity index is 1.56. The third-order valence-corrected chi connectivity index (χ3v) is 6.13. The largest absolute Gasteiger partial charge is 0.493 e. The van der Waals surface area contributed by atoms with Crippen LogP contribution in [0.5, 0.6) is 5.75 Å². The van der Waals surface area contributed by atoms with Gasteiger partial charge in [0.1, 0.15) is 5.75 Å². The van der Waals surface area contributed by atoms with Gasteiger partial charge >= 0.3 is 6.03 Å². The van der Waals surface area contributed by atoms with Gasteiger partial charge in [-0.2, -0.15) is 0 Å². The highest BCUT2D eigenvalue weighted by Gasteiger charge is 2.48. The van der Waals surface area contributed by atoms with Gasteiger partial charge in [0.15, 0.2) is 5.13 Å². The van der Waals surface area contributed by atoms with Crippen molar-refractivity contribution in [2.24, 2.45) is 0 Å². The number of rotatable bonds is 2. The summed E-state index contributed by atoms with van der Waals surface area (Å²) < 4.78 is 12.2. The Labute approximate surface area is 137 Å².